The Bertz CT molecular complexity index is 209. The minimum Gasteiger partial charge on any atom is -0.306 e. The Morgan fingerprint density at radius 1 is 1.89 bits per heavy atom. The molecule has 0 radical (unpaired) electrons. The van der Waals surface area contributed by atoms with Gasteiger partial charge in [-0.3, -0.25) is 4.68 Å². The summed E-state index contributed by atoms with van der Waals surface area (Å²) in [4.78, 5) is 0. The van der Waals surface area contributed by atoms with Crippen LogP contribution in [0.3, 0.4) is 0 Å². The van der Waals surface area contributed by atoms with Gasteiger partial charge in [0, 0.05) is 13.3 Å². The van der Waals surface area contributed by atoms with Crippen molar-refractivity contribution in [3.63, 3.8) is 0 Å². The smallest absolute Gasteiger partial charge is 0.104 e. The van der Waals surface area contributed by atoms with Crippen LogP contribution in [0.4, 0.5) is 0 Å². The fourth-order valence-electron chi connectivity index (χ4n) is 0.536. The largest absolute Gasteiger partial charge is 0.306 e. The summed E-state index contributed by atoms with van der Waals surface area (Å²) in [6.07, 6.45) is 1.21. The second kappa shape index (κ2) is 2.31. The quantitative estimate of drug-likeness (QED) is 0.660. The normalized spacial score (nSPS) is 9.56. The summed E-state index contributed by atoms with van der Waals surface area (Å²) in [7, 11) is 1.82. The van der Waals surface area contributed by atoms with Crippen LogP contribution in [0.2, 0.25) is 0 Å². The maximum Gasteiger partial charge on any atom is 0.104 e. The van der Waals surface area contributed by atoms with Gasteiger partial charge in [-0.2, -0.15) is 5.10 Å². The Labute approximate surface area is 61.3 Å². The van der Waals surface area contributed by atoms with Crippen molar-refractivity contribution in [2.45, 2.75) is 0 Å². The predicted octanol–water partition coefficient (Wildman–Crippen LogP) is 1.18. The van der Waals surface area contributed by atoms with Crippen LogP contribution in [0, 0.1) is 5.41 Å². The zero-order chi connectivity index (χ0) is 6.85. The highest BCUT2D eigenvalue weighted by molar-refractivity contribution is 9.10. The lowest BCUT2D eigenvalue weighted by molar-refractivity contribution is 0.747. The molecule has 3 nitrogen and oxygen atoms in total. The highest BCUT2D eigenvalue weighted by atomic mass is 79.9. The van der Waals surface area contributed by atoms with Crippen molar-refractivity contribution < 1.29 is 0 Å². The van der Waals surface area contributed by atoms with E-state index in [4.69, 9.17) is 5.41 Å². The molecular formula is C5H6BrN3. The number of aromatic nitrogens is 2. The zero-order valence-electron chi connectivity index (χ0n) is 4.93. The fraction of sp³-hybridized carbons (Fsp3) is 0.200. The third kappa shape index (κ3) is 1.18. The Kier molecular flexibility index (Phi) is 1.66. The molecule has 0 saturated heterocycles. The van der Waals surface area contributed by atoms with Crippen molar-refractivity contribution in [2.24, 2.45) is 7.05 Å². The zero-order valence-corrected chi connectivity index (χ0v) is 6.51. The van der Waals surface area contributed by atoms with E-state index in [1.54, 1.807) is 10.7 Å². The Morgan fingerprint density at radius 3 is 2.78 bits per heavy atom. The number of aryl methyl sites for hydroxylation is 1. The summed E-state index contributed by atoms with van der Waals surface area (Å²) in [5, 5.41) is 10.8. The van der Waals surface area contributed by atoms with Gasteiger partial charge in [0.2, 0.25) is 0 Å². The summed E-state index contributed by atoms with van der Waals surface area (Å²) in [6, 6.07) is 1.78. The van der Waals surface area contributed by atoms with Crippen LogP contribution in [-0.4, -0.2) is 16.0 Å². The van der Waals surface area contributed by atoms with Crippen molar-refractivity contribution in [2.75, 3.05) is 0 Å². The summed E-state index contributed by atoms with van der Waals surface area (Å²) >= 11 is 3.25. The number of hydrogen-bond acceptors (Lipinski definition) is 2. The molecule has 1 aromatic rings. The molecule has 4 heteroatoms. The summed E-state index contributed by atoms with van der Waals surface area (Å²) in [6.45, 7) is 0. The number of nitrogens with one attached hydrogen (secondary N) is 1. The molecule has 9 heavy (non-hydrogen) atoms. The molecule has 0 atom stereocenters. The summed E-state index contributed by atoms with van der Waals surface area (Å²) in [5.41, 5.74) is 0.671. The average Bonchev–Trinajstić information content (AvgIpc) is 2.13. The topological polar surface area (TPSA) is 41.7 Å². The molecule has 0 saturated carbocycles. The van der Waals surface area contributed by atoms with Gasteiger partial charge in [0.05, 0.1) is 0 Å². The van der Waals surface area contributed by atoms with E-state index >= 15 is 0 Å². The molecule has 1 N–H and O–H groups in total. The molecule has 1 heterocycles. The highest BCUT2D eigenvalue weighted by Crippen LogP contribution is 2.07. The Balaban J connectivity index is 3.11. The maximum atomic E-state index is 6.83. The Hall–Kier alpha value is -0.640. The Morgan fingerprint density at radius 2 is 2.56 bits per heavy atom. The van der Waals surface area contributed by atoms with Crippen LogP contribution in [0.15, 0.2) is 10.7 Å². The molecule has 0 unspecified atom stereocenters. The second-order valence-corrected chi connectivity index (χ2v) is 2.47. The number of hydrogen-bond donors (Lipinski definition) is 1. The average molecular weight is 188 g/mol. The first-order chi connectivity index (χ1) is 4.24. The SMILES string of the molecule is Cn1nc(C=N)cc1Br. The van der Waals surface area contributed by atoms with Gasteiger partial charge in [-0.05, 0) is 22.0 Å². The van der Waals surface area contributed by atoms with Gasteiger partial charge in [0.1, 0.15) is 10.3 Å². The first-order valence-corrected chi connectivity index (χ1v) is 3.23. The maximum absolute atomic E-state index is 6.83. The first kappa shape index (κ1) is 6.48. The monoisotopic (exact) mass is 187 g/mol. The van der Waals surface area contributed by atoms with E-state index in [1.807, 2.05) is 7.05 Å². The van der Waals surface area contributed by atoms with Gasteiger partial charge in [-0.25, -0.2) is 0 Å². The lowest BCUT2D eigenvalue weighted by Gasteiger charge is -1.85. The van der Waals surface area contributed by atoms with E-state index in [-0.39, 0.29) is 0 Å². The van der Waals surface area contributed by atoms with Gasteiger partial charge >= 0.3 is 0 Å². The van der Waals surface area contributed by atoms with Gasteiger partial charge in [0.25, 0.3) is 0 Å². The van der Waals surface area contributed by atoms with E-state index in [9.17, 15) is 0 Å². The first-order valence-electron chi connectivity index (χ1n) is 2.44. The van der Waals surface area contributed by atoms with Gasteiger partial charge < -0.3 is 5.41 Å². The molecule has 0 aliphatic rings. The highest BCUT2D eigenvalue weighted by Gasteiger charge is 1.96. The molecule has 48 valence electrons. The molecule has 0 spiro atoms. The molecular weight excluding hydrogens is 182 g/mol. The van der Waals surface area contributed by atoms with Gasteiger partial charge in [-0.15, -0.1) is 0 Å². The minimum absolute atomic E-state index is 0.671. The predicted molar refractivity (Wildman–Crippen MR) is 38.8 cm³/mol. The van der Waals surface area contributed by atoms with Crippen LogP contribution in [0.25, 0.3) is 0 Å². The summed E-state index contributed by atoms with van der Waals surface area (Å²) < 4.78 is 2.56. The van der Waals surface area contributed by atoms with E-state index < -0.39 is 0 Å². The lowest BCUT2D eigenvalue weighted by Crippen LogP contribution is -1.90. The molecule has 0 fully saturated rings. The third-order valence-corrected chi connectivity index (χ3v) is 1.73. The van der Waals surface area contributed by atoms with Crippen molar-refractivity contribution in [3.8, 4) is 0 Å². The number of rotatable bonds is 1. The number of halogens is 1. The van der Waals surface area contributed by atoms with Crippen molar-refractivity contribution >= 4 is 22.1 Å². The molecule has 0 aliphatic heterocycles. The third-order valence-electron chi connectivity index (χ3n) is 0.989. The summed E-state index contributed by atoms with van der Waals surface area (Å²) in [5.74, 6) is 0. The molecule has 1 rings (SSSR count). The number of nitrogens with zero attached hydrogens (tertiary/aromatic N) is 2. The minimum atomic E-state index is 0.671. The van der Waals surface area contributed by atoms with E-state index in [1.165, 1.54) is 6.21 Å². The van der Waals surface area contributed by atoms with Crippen LogP contribution in [0.5, 0.6) is 0 Å². The lowest BCUT2D eigenvalue weighted by atomic mass is 10.5. The van der Waals surface area contributed by atoms with Crippen molar-refractivity contribution in [1.82, 2.24) is 9.78 Å². The van der Waals surface area contributed by atoms with Crippen LogP contribution in [0.1, 0.15) is 5.69 Å². The van der Waals surface area contributed by atoms with Crippen LogP contribution in [-0.2, 0) is 7.05 Å². The molecule has 0 aliphatic carbocycles. The molecule has 0 bridgehead atoms. The standard InChI is InChI=1S/C5H6BrN3/c1-9-5(6)2-4(3-7)8-9/h2-3,7H,1H3. The second-order valence-electron chi connectivity index (χ2n) is 1.66. The molecule has 1 aromatic heterocycles. The van der Waals surface area contributed by atoms with Gasteiger partial charge in [-0.1, -0.05) is 0 Å². The van der Waals surface area contributed by atoms with E-state index in [2.05, 4.69) is 21.0 Å². The fourth-order valence-corrected chi connectivity index (χ4v) is 0.850. The molecule has 0 aromatic carbocycles. The molecule has 0 amide bonds. The van der Waals surface area contributed by atoms with Crippen molar-refractivity contribution in [1.29, 1.82) is 5.41 Å². The van der Waals surface area contributed by atoms with E-state index in [0.29, 0.717) is 5.69 Å². The van der Waals surface area contributed by atoms with Gasteiger partial charge in [0.15, 0.2) is 0 Å². The van der Waals surface area contributed by atoms with Crippen molar-refractivity contribution in [3.05, 3.63) is 16.4 Å². The van der Waals surface area contributed by atoms with E-state index in [0.717, 1.165) is 4.60 Å². The van der Waals surface area contributed by atoms with Crippen LogP contribution < -0.4 is 0 Å². The van der Waals surface area contributed by atoms with Crippen LogP contribution >= 0.6 is 15.9 Å².